The van der Waals surface area contributed by atoms with Gasteiger partial charge in [-0.2, -0.15) is 0 Å². The summed E-state index contributed by atoms with van der Waals surface area (Å²) in [4.78, 5) is 7.96. The van der Waals surface area contributed by atoms with Crippen LogP contribution in [-0.4, -0.2) is 35.8 Å². The second kappa shape index (κ2) is 7.49. The quantitative estimate of drug-likeness (QED) is 0.703. The molecule has 0 saturated carbocycles. The average molecular weight is 361 g/mol. The molecule has 0 aliphatic carbocycles. The van der Waals surface area contributed by atoms with Crippen LogP contribution >= 0.6 is 0 Å². The standard InChI is InChI=1S/C18H17F2N3O3/c1-25-10-3-4-17(26-2)12(5-10)16(24)8-21-18-11-6-13(19)14(20)7-15(11)22-9-23-18/h3-7,9,16,24H,8H2,1-2H3,(H,21,22,23)/t16-/m1/s1. The number of aliphatic hydroxyl groups excluding tert-OH is 1. The maximum absolute atomic E-state index is 13.5. The lowest BCUT2D eigenvalue weighted by Crippen LogP contribution is -2.14. The van der Waals surface area contributed by atoms with Crippen LogP contribution in [-0.2, 0) is 0 Å². The van der Waals surface area contributed by atoms with Crippen molar-refractivity contribution in [2.75, 3.05) is 26.1 Å². The number of methoxy groups -OCH3 is 2. The minimum absolute atomic E-state index is 0.0641. The Labute approximate surface area is 148 Å². The number of nitrogens with zero attached hydrogens (tertiary/aromatic N) is 2. The molecule has 0 aliphatic heterocycles. The first-order valence-electron chi connectivity index (χ1n) is 7.77. The first-order chi connectivity index (χ1) is 12.5. The van der Waals surface area contributed by atoms with Crippen molar-refractivity contribution in [3.63, 3.8) is 0 Å². The molecule has 26 heavy (non-hydrogen) atoms. The van der Waals surface area contributed by atoms with Gasteiger partial charge in [0.1, 0.15) is 23.6 Å². The summed E-state index contributed by atoms with van der Waals surface area (Å²) in [6.07, 6.45) is 0.288. The summed E-state index contributed by atoms with van der Waals surface area (Å²) in [6, 6.07) is 7.09. The molecule has 1 heterocycles. The van der Waals surface area contributed by atoms with Crippen molar-refractivity contribution in [1.82, 2.24) is 9.97 Å². The molecule has 8 heteroatoms. The summed E-state index contributed by atoms with van der Waals surface area (Å²) in [5, 5.41) is 13.8. The zero-order valence-electron chi connectivity index (χ0n) is 14.2. The van der Waals surface area contributed by atoms with Crippen molar-refractivity contribution in [1.29, 1.82) is 0 Å². The van der Waals surface area contributed by atoms with Crippen molar-refractivity contribution in [3.8, 4) is 11.5 Å². The van der Waals surface area contributed by atoms with E-state index >= 15 is 0 Å². The molecular weight excluding hydrogens is 344 g/mol. The normalized spacial score (nSPS) is 12.0. The average Bonchev–Trinajstić information content (AvgIpc) is 2.66. The Morgan fingerprint density at radius 2 is 1.85 bits per heavy atom. The van der Waals surface area contributed by atoms with Crippen molar-refractivity contribution < 1.29 is 23.4 Å². The third-order valence-corrected chi connectivity index (χ3v) is 3.94. The molecule has 0 radical (unpaired) electrons. The molecule has 0 spiro atoms. The number of aromatic nitrogens is 2. The first-order valence-corrected chi connectivity index (χ1v) is 7.77. The van der Waals surface area contributed by atoms with E-state index < -0.39 is 17.7 Å². The van der Waals surface area contributed by atoms with Gasteiger partial charge in [0, 0.05) is 23.6 Å². The van der Waals surface area contributed by atoms with E-state index in [0.717, 1.165) is 12.1 Å². The van der Waals surface area contributed by atoms with Crippen LogP contribution < -0.4 is 14.8 Å². The fraction of sp³-hybridized carbons (Fsp3) is 0.222. The van der Waals surface area contributed by atoms with Gasteiger partial charge in [-0.25, -0.2) is 18.7 Å². The lowest BCUT2D eigenvalue weighted by atomic mass is 10.1. The van der Waals surface area contributed by atoms with Gasteiger partial charge in [-0.1, -0.05) is 0 Å². The molecule has 2 aromatic carbocycles. The highest BCUT2D eigenvalue weighted by molar-refractivity contribution is 5.88. The molecule has 1 atom stereocenters. The SMILES string of the molecule is COc1ccc(OC)c([C@H](O)CNc2ncnc3cc(F)c(F)cc23)c1. The Morgan fingerprint density at radius 3 is 2.58 bits per heavy atom. The lowest BCUT2D eigenvalue weighted by Gasteiger charge is -2.17. The molecule has 2 N–H and O–H groups in total. The van der Waals surface area contributed by atoms with Crippen molar-refractivity contribution in [2.24, 2.45) is 0 Å². The van der Waals surface area contributed by atoms with Crippen molar-refractivity contribution in [3.05, 3.63) is 53.9 Å². The lowest BCUT2D eigenvalue weighted by molar-refractivity contribution is 0.186. The van der Waals surface area contributed by atoms with Gasteiger partial charge in [0.15, 0.2) is 11.6 Å². The summed E-state index contributed by atoms with van der Waals surface area (Å²) in [6.45, 7) is 0.0641. The number of aliphatic hydroxyl groups is 1. The second-order valence-corrected chi connectivity index (χ2v) is 5.51. The van der Waals surface area contributed by atoms with Gasteiger partial charge in [0.2, 0.25) is 0 Å². The summed E-state index contributed by atoms with van der Waals surface area (Å²) >= 11 is 0. The Bertz CT molecular complexity index is 937. The van der Waals surface area contributed by atoms with Crippen LogP contribution in [0.4, 0.5) is 14.6 Å². The molecule has 0 fully saturated rings. The molecule has 0 amide bonds. The molecule has 3 aromatic rings. The maximum atomic E-state index is 13.5. The van der Waals surface area contributed by atoms with E-state index in [2.05, 4.69) is 15.3 Å². The fourth-order valence-corrected chi connectivity index (χ4v) is 2.60. The van der Waals surface area contributed by atoms with Crippen LogP contribution in [0.2, 0.25) is 0 Å². The molecule has 136 valence electrons. The van der Waals surface area contributed by atoms with Crippen LogP contribution in [0.3, 0.4) is 0 Å². The Kier molecular flexibility index (Phi) is 5.13. The van der Waals surface area contributed by atoms with Crippen LogP contribution in [0.5, 0.6) is 11.5 Å². The van der Waals surface area contributed by atoms with Crippen molar-refractivity contribution in [2.45, 2.75) is 6.10 Å². The molecule has 1 aromatic heterocycles. The van der Waals surface area contributed by atoms with Gasteiger partial charge in [0.05, 0.1) is 25.8 Å². The van der Waals surface area contributed by atoms with E-state index in [1.54, 1.807) is 18.2 Å². The van der Waals surface area contributed by atoms with Crippen LogP contribution in [0.25, 0.3) is 10.9 Å². The predicted molar refractivity (Wildman–Crippen MR) is 92.4 cm³/mol. The predicted octanol–water partition coefficient (Wildman–Crippen LogP) is 3.07. The topological polar surface area (TPSA) is 76.5 Å². The number of rotatable bonds is 6. The molecule has 0 saturated heterocycles. The number of benzene rings is 2. The van der Waals surface area contributed by atoms with E-state index in [1.807, 2.05) is 0 Å². The third-order valence-electron chi connectivity index (χ3n) is 3.94. The molecule has 6 nitrogen and oxygen atoms in total. The minimum atomic E-state index is -0.995. The van der Waals surface area contributed by atoms with Gasteiger partial charge < -0.3 is 19.9 Å². The number of nitrogens with one attached hydrogen (secondary N) is 1. The van der Waals surface area contributed by atoms with Crippen LogP contribution in [0.1, 0.15) is 11.7 Å². The van der Waals surface area contributed by atoms with E-state index in [4.69, 9.17) is 9.47 Å². The van der Waals surface area contributed by atoms with Gasteiger partial charge in [-0.3, -0.25) is 0 Å². The molecular formula is C18H17F2N3O3. The fourth-order valence-electron chi connectivity index (χ4n) is 2.60. The van der Waals surface area contributed by atoms with Gasteiger partial charge >= 0.3 is 0 Å². The largest absolute Gasteiger partial charge is 0.497 e. The molecule has 0 bridgehead atoms. The third kappa shape index (κ3) is 3.50. The molecule has 0 unspecified atom stereocenters. The number of hydrogen-bond acceptors (Lipinski definition) is 6. The maximum Gasteiger partial charge on any atom is 0.161 e. The summed E-state index contributed by atoms with van der Waals surface area (Å²) in [5.74, 6) is -0.617. The van der Waals surface area contributed by atoms with Crippen molar-refractivity contribution >= 4 is 16.7 Å². The molecule has 0 aliphatic rings. The smallest absolute Gasteiger partial charge is 0.161 e. The molecule has 3 rings (SSSR count). The zero-order valence-corrected chi connectivity index (χ0v) is 14.2. The van der Waals surface area contributed by atoms with E-state index in [0.29, 0.717) is 22.4 Å². The number of halogens is 2. The van der Waals surface area contributed by atoms with E-state index in [1.165, 1.54) is 20.5 Å². The van der Waals surface area contributed by atoms with Crippen LogP contribution in [0, 0.1) is 11.6 Å². The highest BCUT2D eigenvalue weighted by Crippen LogP contribution is 2.30. The summed E-state index contributed by atoms with van der Waals surface area (Å²) < 4.78 is 37.3. The van der Waals surface area contributed by atoms with Crippen LogP contribution in [0.15, 0.2) is 36.7 Å². The zero-order chi connectivity index (χ0) is 18.7. The van der Waals surface area contributed by atoms with E-state index in [9.17, 15) is 13.9 Å². The van der Waals surface area contributed by atoms with Gasteiger partial charge in [-0.05, 0) is 24.3 Å². The Balaban J connectivity index is 1.85. The number of anilines is 1. The number of hydrogen-bond donors (Lipinski definition) is 2. The Hall–Kier alpha value is -3.00. The number of ether oxygens (including phenoxy) is 2. The first kappa shape index (κ1) is 17.8. The van der Waals surface area contributed by atoms with Gasteiger partial charge in [0.25, 0.3) is 0 Å². The highest BCUT2D eigenvalue weighted by atomic mass is 19.2. The summed E-state index contributed by atoms with van der Waals surface area (Å²) in [5.41, 5.74) is 0.782. The second-order valence-electron chi connectivity index (χ2n) is 5.51. The monoisotopic (exact) mass is 361 g/mol. The van der Waals surface area contributed by atoms with Gasteiger partial charge in [-0.15, -0.1) is 0 Å². The highest BCUT2D eigenvalue weighted by Gasteiger charge is 2.16. The summed E-state index contributed by atoms with van der Waals surface area (Å²) in [7, 11) is 3.03. The Morgan fingerprint density at radius 1 is 1.08 bits per heavy atom. The minimum Gasteiger partial charge on any atom is -0.497 e. The number of fused-ring (bicyclic) bond motifs is 1. The van der Waals surface area contributed by atoms with E-state index in [-0.39, 0.29) is 17.9 Å².